The van der Waals surface area contributed by atoms with E-state index >= 15 is 0 Å². The van der Waals surface area contributed by atoms with Gasteiger partial charge in [-0.05, 0) is 30.3 Å². The first-order valence-electron chi connectivity index (χ1n) is 5.29. The first-order valence-corrected chi connectivity index (χ1v) is 6.08. The van der Waals surface area contributed by atoms with Gasteiger partial charge in [-0.2, -0.15) is 0 Å². The highest BCUT2D eigenvalue weighted by molar-refractivity contribution is 9.10. The predicted octanol–water partition coefficient (Wildman–Crippen LogP) is 3.40. The summed E-state index contributed by atoms with van der Waals surface area (Å²) in [4.78, 5) is 8.94. The maximum atomic E-state index is 4.60. The van der Waals surface area contributed by atoms with E-state index in [2.05, 4.69) is 36.5 Å². The predicted molar refractivity (Wildman–Crippen MR) is 71.6 cm³/mol. The Morgan fingerprint density at radius 3 is 2.82 bits per heavy atom. The van der Waals surface area contributed by atoms with Crippen molar-refractivity contribution in [1.29, 1.82) is 0 Å². The van der Waals surface area contributed by atoms with Crippen molar-refractivity contribution in [3.63, 3.8) is 0 Å². The van der Waals surface area contributed by atoms with Gasteiger partial charge < -0.3 is 4.57 Å². The molecule has 84 valence electrons. The van der Waals surface area contributed by atoms with Gasteiger partial charge in [-0.1, -0.05) is 22.0 Å². The molecule has 0 N–H and O–H groups in total. The molecule has 3 nitrogen and oxygen atoms in total. The summed E-state index contributed by atoms with van der Waals surface area (Å²) in [6.07, 6.45) is 1.78. The second-order valence-electron chi connectivity index (χ2n) is 3.84. The standard InChI is InChI=1S/C13H10BrN3/c1-17-12-8-9(14)5-6-10(12)16-13(17)11-4-2-3-7-15-11/h2-8H,1H3. The third-order valence-electron chi connectivity index (χ3n) is 2.74. The third-order valence-corrected chi connectivity index (χ3v) is 3.23. The second-order valence-corrected chi connectivity index (χ2v) is 4.76. The molecule has 0 aliphatic rings. The molecule has 0 unspecified atom stereocenters. The monoisotopic (exact) mass is 287 g/mol. The van der Waals surface area contributed by atoms with Gasteiger partial charge in [0.05, 0.1) is 11.0 Å². The molecule has 0 bridgehead atoms. The van der Waals surface area contributed by atoms with E-state index in [0.717, 1.165) is 27.0 Å². The molecule has 0 radical (unpaired) electrons. The van der Waals surface area contributed by atoms with Crippen LogP contribution in [0.1, 0.15) is 0 Å². The topological polar surface area (TPSA) is 30.7 Å². The molecule has 0 aliphatic heterocycles. The first kappa shape index (κ1) is 10.5. The Morgan fingerprint density at radius 1 is 1.18 bits per heavy atom. The molecule has 2 heterocycles. The van der Waals surface area contributed by atoms with Gasteiger partial charge in [-0.3, -0.25) is 4.98 Å². The lowest BCUT2D eigenvalue weighted by atomic mass is 10.3. The normalized spacial score (nSPS) is 10.9. The molecule has 3 aromatic rings. The fourth-order valence-corrected chi connectivity index (χ4v) is 2.24. The number of pyridine rings is 1. The fraction of sp³-hybridized carbons (Fsp3) is 0.0769. The Labute approximate surface area is 107 Å². The van der Waals surface area contributed by atoms with E-state index < -0.39 is 0 Å². The van der Waals surface area contributed by atoms with Crippen molar-refractivity contribution < 1.29 is 0 Å². The van der Waals surface area contributed by atoms with E-state index in [0.29, 0.717) is 0 Å². The Morgan fingerprint density at radius 2 is 2.06 bits per heavy atom. The van der Waals surface area contributed by atoms with Crippen LogP contribution in [-0.2, 0) is 7.05 Å². The average molecular weight is 288 g/mol. The van der Waals surface area contributed by atoms with Crippen molar-refractivity contribution >= 4 is 27.0 Å². The molecule has 4 heteroatoms. The summed E-state index contributed by atoms with van der Waals surface area (Å²) < 4.78 is 3.11. The highest BCUT2D eigenvalue weighted by Gasteiger charge is 2.10. The molecule has 0 atom stereocenters. The molecule has 0 saturated heterocycles. The van der Waals surface area contributed by atoms with Crippen LogP contribution in [0.5, 0.6) is 0 Å². The number of benzene rings is 1. The SMILES string of the molecule is Cn1c(-c2ccccn2)nc2ccc(Br)cc21. The minimum atomic E-state index is 0.888. The van der Waals surface area contributed by atoms with Crippen LogP contribution in [0.25, 0.3) is 22.6 Å². The first-order chi connectivity index (χ1) is 8.25. The van der Waals surface area contributed by atoms with E-state index in [4.69, 9.17) is 0 Å². The number of halogens is 1. The number of hydrogen-bond donors (Lipinski definition) is 0. The van der Waals surface area contributed by atoms with E-state index in [9.17, 15) is 0 Å². The molecule has 0 spiro atoms. The number of rotatable bonds is 1. The van der Waals surface area contributed by atoms with Crippen LogP contribution in [0.4, 0.5) is 0 Å². The molecular weight excluding hydrogens is 278 g/mol. The summed E-state index contributed by atoms with van der Waals surface area (Å²) in [5.41, 5.74) is 2.97. The van der Waals surface area contributed by atoms with Crippen molar-refractivity contribution in [3.8, 4) is 11.5 Å². The highest BCUT2D eigenvalue weighted by Crippen LogP contribution is 2.24. The van der Waals surface area contributed by atoms with Gasteiger partial charge in [0.15, 0.2) is 5.82 Å². The molecule has 0 amide bonds. The van der Waals surface area contributed by atoms with Crippen molar-refractivity contribution in [2.45, 2.75) is 0 Å². The van der Waals surface area contributed by atoms with Gasteiger partial charge in [-0.25, -0.2) is 4.98 Å². The molecule has 2 aromatic heterocycles. The van der Waals surface area contributed by atoms with Crippen LogP contribution < -0.4 is 0 Å². The summed E-state index contributed by atoms with van der Waals surface area (Å²) in [5, 5.41) is 0. The van der Waals surface area contributed by atoms with Crippen LogP contribution in [0.3, 0.4) is 0 Å². The maximum Gasteiger partial charge on any atom is 0.159 e. The lowest BCUT2D eigenvalue weighted by molar-refractivity contribution is 0.950. The molecular formula is C13H10BrN3. The number of nitrogens with zero attached hydrogens (tertiary/aromatic N) is 3. The van der Waals surface area contributed by atoms with Gasteiger partial charge in [0.25, 0.3) is 0 Å². The van der Waals surface area contributed by atoms with Crippen LogP contribution in [-0.4, -0.2) is 14.5 Å². The van der Waals surface area contributed by atoms with Crippen LogP contribution >= 0.6 is 15.9 Å². The molecule has 0 saturated carbocycles. The van der Waals surface area contributed by atoms with Crippen molar-refractivity contribution in [2.75, 3.05) is 0 Å². The quantitative estimate of drug-likeness (QED) is 0.687. The summed E-state index contributed by atoms with van der Waals surface area (Å²) in [5.74, 6) is 0.888. The molecule has 17 heavy (non-hydrogen) atoms. The number of hydrogen-bond acceptors (Lipinski definition) is 2. The summed E-state index contributed by atoms with van der Waals surface area (Å²) in [6, 6.07) is 11.9. The number of aryl methyl sites for hydroxylation is 1. The highest BCUT2D eigenvalue weighted by atomic mass is 79.9. The van der Waals surface area contributed by atoms with Crippen LogP contribution in [0, 0.1) is 0 Å². The van der Waals surface area contributed by atoms with Crippen LogP contribution in [0.2, 0.25) is 0 Å². The lowest BCUT2D eigenvalue weighted by Gasteiger charge is -2.00. The second kappa shape index (κ2) is 3.96. The van der Waals surface area contributed by atoms with E-state index in [1.807, 2.05) is 37.4 Å². The molecule has 3 rings (SSSR count). The van der Waals surface area contributed by atoms with Crippen LogP contribution in [0.15, 0.2) is 47.1 Å². The third kappa shape index (κ3) is 1.74. The van der Waals surface area contributed by atoms with E-state index in [1.165, 1.54) is 0 Å². The zero-order valence-corrected chi connectivity index (χ0v) is 10.8. The largest absolute Gasteiger partial charge is 0.326 e. The minimum Gasteiger partial charge on any atom is -0.326 e. The summed E-state index contributed by atoms with van der Waals surface area (Å²) in [6.45, 7) is 0. The zero-order chi connectivity index (χ0) is 11.8. The minimum absolute atomic E-state index is 0.888. The fourth-order valence-electron chi connectivity index (χ4n) is 1.89. The Kier molecular flexibility index (Phi) is 2.44. The smallest absolute Gasteiger partial charge is 0.159 e. The Hall–Kier alpha value is -1.68. The zero-order valence-electron chi connectivity index (χ0n) is 9.26. The maximum absolute atomic E-state index is 4.60. The Balaban J connectivity index is 2.28. The van der Waals surface area contributed by atoms with Gasteiger partial charge in [-0.15, -0.1) is 0 Å². The van der Waals surface area contributed by atoms with E-state index in [1.54, 1.807) is 6.20 Å². The van der Waals surface area contributed by atoms with Gasteiger partial charge in [0.2, 0.25) is 0 Å². The Bertz CT molecular complexity index is 674. The molecule has 0 fully saturated rings. The average Bonchev–Trinajstić information content (AvgIpc) is 2.68. The van der Waals surface area contributed by atoms with Crippen molar-refractivity contribution in [2.24, 2.45) is 7.05 Å². The number of fused-ring (bicyclic) bond motifs is 1. The van der Waals surface area contributed by atoms with E-state index in [-0.39, 0.29) is 0 Å². The summed E-state index contributed by atoms with van der Waals surface area (Å²) >= 11 is 3.48. The number of aromatic nitrogens is 3. The molecule has 1 aromatic carbocycles. The van der Waals surface area contributed by atoms with Gasteiger partial charge in [0, 0.05) is 17.7 Å². The summed E-state index contributed by atoms with van der Waals surface area (Å²) in [7, 11) is 2.01. The van der Waals surface area contributed by atoms with Crippen molar-refractivity contribution in [1.82, 2.24) is 14.5 Å². The molecule has 0 aliphatic carbocycles. The van der Waals surface area contributed by atoms with Gasteiger partial charge in [0.1, 0.15) is 5.69 Å². The van der Waals surface area contributed by atoms with Gasteiger partial charge >= 0.3 is 0 Å². The van der Waals surface area contributed by atoms with Crippen molar-refractivity contribution in [3.05, 3.63) is 47.1 Å². The number of imidazole rings is 1. The lowest BCUT2D eigenvalue weighted by Crippen LogP contribution is -1.93.